The van der Waals surface area contributed by atoms with Crippen molar-refractivity contribution in [1.82, 2.24) is 5.32 Å². The fourth-order valence-electron chi connectivity index (χ4n) is 1.34. The van der Waals surface area contributed by atoms with Crippen molar-refractivity contribution in [3.8, 4) is 0 Å². The van der Waals surface area contributed by atoms with Crippen LogP contribution in [-0.4, -0.2) is 30.8 Å². The van der Waals surface area contributed by atoms with Gasteiger partial charge in [-0.05, 0) is 20.3 Å². The van der Waals surface area contributed by atoms with E-state index in [4.69, 9.17) is 4.74 Å². The van der Waals surface area contributed by atoms with Crippen LogP contribution in [0.2, 0.25) is 0 Å². The lowest BCUT2D eigenvalue weighted by molar-refractivity contribution is -0.149. The molecule has 2 unspecified atom stereocenters. The van der Waals surface area contributed by atoms with Gasteiger partial charge in [0.25, 0.3) is 0 Å². The van der Waals surface area contributed by atoms with Crippen molar-refractivity contribution < 1.29 is 22.7 Å². The van der Waals surface area contributed by atoms with E-state index in [0.29, 0.717) is 6.42 Å². The fraction of sp³-hybridized carbons (Fsp3) is 0.900. The first-order valence-corrected chi connectivity index (χ1v) is 5.29. The van der Waals surface area contributed by atoms with Crippen LogP contribution in [0, 0.1) is 0 Å². The smallest absolute Gasteiger partial charge is 0.390 e. The Hall–Kier alpha value is -0.780. The van der Waals surface area contributed by atoms with E-state index < -0.39 is 30.7 Å². The Balaban J connectivity index is 4.16. The zero-order chi connectivity index (χ0) is 12.8. The third kappa shape index (κ3) is 6.66. The monoisotopic (exact) mass is 241 g/mol. The summed E-state index contributed by atoms with van der Waals surface area (Å²) in [5.41, 5.74) is 0. The minimum atomic E-state index is -4.22. The highest BCUT2D eigenvalue weighted by molar-refractivity contribution is 5.75. The summed E-state index contributed by atoms with van der Waals surface area (Å²) in [4.78, 5) is 11.3. The quantitative estimate of drug-likeness (QED) is 0.725. The van der Waals surface area contributed by atoms with Gasteiger partial charge in [-0.25, -0.2) is 0 Å². The van der Waals surface area contributed by atoms with Gasteiger partial charge in [-0.1, -0.05) is 6.92 Å². The molecule has 0 aromatic heterocycles. The molecule has 0 aliphatic heterocycles. The van der Waals surface area contributed by atoms with E-state index in [2.05, 4.69) is 5.32 Å². The predicted molar refractivity (Wildman–Crippen MR) is 54.0 cm³/mol. The topological polar surface area (TPSA) is 38.3 Å². The third-order valence-electron chi connectivity index (χ3n) is 2.00. The van der Waals surface area contributed by atoms with Gasteiger partial charge in [0.05, 0.1) is 13.0 Å². The largest absolute Gasteiger partial charge is 0.465 e. The van der Waals surface area contributed by atoms with E-state index in [-0.39, 0.29) is 6.61 Å². The number of hydrogen-bond acceptors (Lipinski definition) is 3. The fourth-order valence-corrected chi connectivity index (χ4v) is 1.34. The molecule has 0 aromatic carbocycles. The number of alkyl halides is 3. The zero-order valence-electron chi connectivity index (χ0n) is 9.73. The van der Waals surface area contributed by atoms with Gasteiger partial charge in [0, 0.05) is 6.04 Å². The van der Waals surface area contributed by atoms with Gasteiger partial charge < -0.3 is 10.1 Å². The zero-order valence-corrected chi connectivity index (χ0v) is 9.73. The van der Waals surface area contributed by atoms with Crippen LogP contribution >= 0.6 is 0 Å². The maximum absolute atomic E-state index is 12.1. The van der Waals surface area contributed by atoms with Crippen LogP contribution in [-0.2, 0) is 9.53 Å². The second-order valence-corrected chi connectivity index (χ2v) is 3.60. The van der Waals surface area contributed by atoms with E-state index in [1.165, 1.54) is 6.92 Å². The molecule has 96 valence electrons. The Morgan fingerprint density at radius 1 is 1.38 bits per heavy atom. The Morgan fingerprint density at radius 3 is 2.31 bits per heavy atom. The number of carbonyl (C=O) groups is 1. The first-order chi connectivity index (χ1) is 7.30. The summed E-state index contributed by atoms with van der Waals surface area (Å²) < 4.78 is 40.9. The Labute approximate surface area is 93.3 Å². The summed E-state index contributed by atoms with van der Waals surface area (Å²) in [5, 5.41) is 2.61. The molecule has 0 radical (unpaired) electrons. The predicted octanol–water partition coefficient (Wildman–Crippen LogP) is 2.26. The Morgan fingerprint density at radius 2 is 1.94 bits per heavy atom. The minimum Gasteiger partial charge on any atom is -0.465 e. The highest BCUT2D eigenvalue weighted by Gasteiger charge is 2.31. The van der Waals surface area contributed by atoms with Crippen LogP contribution < -0.4 is 5.32 Å². The third-order valence-corrected chi connectivity index (χ3v) is 2.00. The van der Waals surface area contributed by atoms with Gasteiger partial charge >= 0.3 is 12.1 Å². The molecular formula is C10H18F3NO2. The summed E-state index contributed by atoms with van der Waals surface area (Å²) in [6.45, 7) is 5.00. The van der Waals surface area contributed by atoms with Gasteiger partial charge in [-0.2, -0.15) is 13.2 Å². The maximum Gasteiger partial charge on any atom is 0.390 e. The summed E-state index contributed by atoms with van der Waals surface area (Å²) >= 11 is 0. The van der Waals surface area contributed by atoms with E-state index in [9.17, 15) is 18.0 Å². The molecule has 0 spiro atoms. The van der Waals surface area contributed by atoms with Gasteiger partial charge in [0.1, 0.15) is 6.04 Å². The van der Waals surface area contributed by atoms with Crippen molar-refractivity contribution >= 4 is 5.97 Å². The number of ether oxygens (including phenoxy) is 1. The molecule has 3 nitrogen and oxygen atoms in total. The first kappa shape index (κ1) is 15.2. The van der Waals surface area contributed by atoms with Gasteiger partial charge in [0.15, 0.2) is 0 Å². The lowest BCUT2D eigenvalue weighted by atomic mass is 10.1. The van der Waals surface area contributed by atoms with E-state index in [1.807, 2.05) is 0 Å². The average molecular weight is 241 g/mol. The van der Waals surface area contributed by atoms with Gasteiger partial charge in [-0.15, -0.1) is 0 Å². The number of esters is 1. The second kappa shape index (κ2) is 6.73. The first-order valence-electron chi connectivity index (χ1n) is 5.29. The summed E-state index contributed by atoms with van der Waals surface area (Å²) in [6.07, 6.45) is -4.77. The van der Waals surface area contributed by atoms with Gasteiger partial charge in [-0.3, -0.25) is 4.79 Å². The second-order valence-electron chi connectivity index (χ2n) is 3.60. The summed E-state index contributed by atoms with van der Waals surface area (Å²) in [7, 11) is 0. The van der Waals surface area contributed by atoms with Gasteiger partial charge in [0.2, 0.25) is 0 Å². The van der Waals surface area contributed by atoms with Crippen LogP contribution in [0.25, 0.3) is 0 Å². The summed E-state index contributed by atoms with van der Waals surface area (Å²) in [5.74, 6) is -0.501. The van der Waals surface area contributed by atoms with Crippen molar-refractivity contribution in [3.05, 3.63) is 0 Å². The molecule has 0 fully saturated rings. The molecule has 0 aliphatic carbocycles. The SMILES string of the molecule is CCOC(=O)C(CC)NC(C)CC(F)(F)F. The molecule has 0 rings (SSSR count). The van der Waals surface area contributed by atoms with E-state index >= 15 is 0 Å². The van der Waals surface area contributed by atoms with Crippen molar-refractivity contribution in [3.63, 3.8) is 0 Å². The molecule has 2 atom stereocenters. The van der Waals surface area contributed by atoms with Crippen molar-refractivity contribution in [2.75, 3.05) is 6.61 Å². The molecule has 0 bridgehead atoms. The molecule has 0 aromatic rings. The van der Waals surface area contributed by atoms with Crippen LogP contribution in [0.3, 0.4) is 0 Å². The lowest BCUT2D eigenvalue weighted by Gasteiger charge is -2.21. The molecule has 1 N–H and O–H groups in total. The van der Waals surface area contributed by atoms with Crippen LogP contribution in [0.5, 0.6) is 0 Å². The highest BCUT2D eigenvalue weighted by atomic mass is 19.4. The Bertz CT molecular complexity index is 219. The lowest BCUT2D eigenvalue weighted by Crippen LogP contribution is -2.44. The Kier molecular flexibility index (Phi) is 6.40. The number of nitrogens with one attached hydrogen (secondary N) is 1. The average Bonchev–Trinajstić information content (AvgIpc) is 2.11. The number of rotatable bonds is 6. The minimum absolute atomic E-state index is 0.227. The van der Waals surface area contributed by atoms with Crippen LogP contribution in [0.15, 0.2) is 0 Å². The molecule has 0 saturated carbocycles. The molecule has 6 heteroatoms. The maximum atomic E-state index is 12.1. The summed E-state index contributed by atoms with van der Waals surface area (Å²) in [6, 6.07) is -1.47. The number of hydrogen-bond donors (Lipinski definition) is 1. The molecule has 0 amide bonds. The molecule has 0 aliphatic rings. The van der Waals surface area contributed by atoms with E-state index in [0.717, 1.165) is 0 Å². The van der Waals surface area contributed by atoms with Crippen molar-refractivity contribution in [1.29, 1.82) is 0 Å². The van der Waals surface area contributed by atoms with Crippen molar-refractivity contribution in [2.24, 2.45) is 0 Å². The molecule has 16 heavy (non-hydrogen) atoms. The molecule has 0 heterocycles. The number of carbonyl (C=O) groups excluding carboxylic acids is 1. The van der Waals surface area contributed by atoms with Crippen LogP contribution in [0.4, 0.5) is 13.2 Å². The van der Waals surface area contributed by atoms with E-state index in [1.54, 1.807) is 13.8 Å². The van der Waals surface area contributed by atoms with Crippen LogP contribution in [0.1, 0.15) is 33.6 Å². The standard InChI is InChI=1S/C10H18F3NO2/c1-4-8(9(15)16-5-2)14-7(3)6-10(11,12)13/h7-8,14H,4-6H2,1-3H3. The van der Waals surface area contributed by atoms with Crippen molar-refractivity contribution in [2.45, 2.75) is 51.9 Å². The number of halogens is 3. The molecule has 0 saturated heterocycles. The highest BCUT2D eigenvalue weighted by Crippen LogP contribution is 2.21. The normalized spacial score (nSPS) is 15.6. The molecular weight excluding hydrogens is 223 g/mol.